The van der Waals surface area contributed by atoms with E-state index in [4.69, 9.17) is 0 Å². The molecule has 1 aromatic rings. The fourth-order valence-electron chi connectivity index (χ4n) is 1.99. The summed E-state index contributed by atoms with van der Waals surface area (Å²) in [5.41, 5.74) is 0.715. The van der Waals surface area contributed by atoms with Crippen molar-refractivity contribution < 1.29 is 14.0 Å². The molecule has 1 aromatic carbocycles. The van der Waals surface area contributed by atoms with Crippen molar-refractivity contribution in [1.82, 2.24) is 5.32 Å². The Balaban J connectivity index is 2.27. The number of hydrogen-bond acceptors (Lipinski definition) is 3. The Labute approximate surface area is 105 Å². The molecule has 1 saturated heterocycles. The maximum atomic E-state index is 13.9. The second-order valence-corrected chi connectivity index (χ2v) is 4.35. The monoisotopic (exact) mass is 250 g/mol. The molecule has 1 fully saturated rings. The number of ketones is 1. The quantitative estimate of drug-likeness (QED) is 0.806. The predicted octanol–water partition coefficient (Wildman–Crippen LogP) is 1.35. The molecule has 0 radical (unpaired) electrons. The van der Waals surface area contributed by atoms with Gasteiger partial charge in [-0.15, -0.1) is 0 Å². The first-order valence-electron chi connectivity index (χ1n) is 5.90. The maximum absolute atomic E-state index is 13.9. The van der Waals surface area contributed by atoms with Crippen molar-refractivity contribution in [2.24, 2.45) is 0 Å². The Bertz CT molecular complexity index is 488. The van der Waals surface area contributed by atoms with Crippen molar-refractivity contribution in [3.05, 3.63) is 29.6 Å². The van der Waals surface area contributed by atoms with Crippen molar-refractivity contribution in [2.45, 2.75) is 13.3 Å². The van der Waals surface area contributed by atoms with Crippen LogP contribution in [0.15, 0.2) is 18.2 Å². The molecule has 1 amide bonds. The molecule has 0 bridgehead atoms. The van der Waals surface area contributed by atoms with Gasteiger partial charge in [-0.1, -0.05) is 0 Å². The van der Waals surface area contributed by atoms with Crippen LogP contribution in [0.4, 0.5) is 10.1 Å². The van der Waals surface area contributed by atoms with Crippen molar-refractivity contribution >= 4 is 17.4 Å². The zero-order valence-electron chi connectivity index (χ0n) is 10.2. The minimum Gasteiger partial charge on any atom is -0.360 e. The molecular weight excluding hydrogens is 235 g/mol. The van der Waals surface area contributed by atoms with E-state index in [2.05, 4.69) is 5.32 Å². The van der Waals surface area contributed by atoms with Gasteiger partial charge >= 0.3 is 0 Å². The number of carbonyl (C=O) groups is 2. The Morgan fingerprint density at radius 2 is 2.22 bits per heavy atom. The Kier molecular flexibility index (Phi) is 3.60. The number of Topliss-reactive ketones (excluding diaryl/α,β-unsaturated/α-hetero) is 1. The topological polar surface area (TPSA) is 49.4 Å². The van der Waals surface area contributed by atoms with Crippen LogP contribution in [0.5, 0.6) is 0 Å². The van der Waals surface area contributed by atoms with E-state index < -0.39 is 5.82 Å². The molecule has 1 N–H and O–H groups in total. The van der Waals surface area contributed by atoms with Crippen molar-refractivity contribution in [3.8, 4) is 0 Å². The van der Waals surface area contributed by atoms with Crippen LogP contribution in [-0.2, 0) is 4.79 Å². The molecule has 0 aromatic heterocycles. The minimum absolute atomic E-state index is 0.109. The van der Waals surface area contributed by atoms with E-state index in [1.165, 1.54) is 13.0 Å². The number of benzene rings is 1. The van der Waals surface area contributed by atoms with Crippen LogP contribution in [0.1, 0.15) is 23.7 Å². The second kappa shape index (κ2) is 5.16. The number of carbonyl (C=O) groups excluding carboxylic acids is 2. The summed E-state index contributed by atoms with van der Waals surface area (Å²) in [6.45, 7) is 2.78. The molecule has 1 aliphatic rings. The molecule has 1 heterocycles. The van der Waals surface area contributed by atoms with Crippen LogP contribution in [0.25, 0.3) is 0 Å². The van der Waals surface area contributed by atoms with Gasteiger partial charge in [0.2, 0.25) is 5.91 Å². The lowest BCUT2D eigenvalue weighted by Gasteiger charge is -2.22. The van der Waals surface area contributed by atoms with E-state index in [0.29, 0.717) is 24.3 Å². The summed E-state index contributed by atoms with van der Waals surface area (Å²) in [6.07, 6.45) is 0.777. The van der Waals surface area contributed by atoms with Gasteiger partial charge in [0.15, 0.2) is 5.78 Å². The van der Waals surface area contributed by atoms with Crippen LogP contribution in [0.2, 0.25) is 0 Å². The standard InChI is InChI=1S/C13H15FN2O2/c1-9(17)10-3-4-12(11(14)7-10)16-6-2-5-15-13(18)8-16/h3-4,7H,2,5-6,8H2,1H3,(H,15,18). The lowest BCUT2D eigenvalue weighted by molar-refractivity contribution is -0.119. The van der Waals surface area contributed by atoms with Gasteiger partial charge in [0, 0.05) is 18.7 Å². The number of amides is 1. The van der Waals surface area contributed by atoms with Crippen molar-refractivity contribution in [2.75, 3.05) is 24.5 Å². The summed E-state index contributed by atoms with van der Waals surface area (Å²) in [4.78, 5) is 24.3. The van der Waals surface area contributed by atoms with Crippen molar-refractivity contribution in [1.29, 1.82) is 0 Å². The summed E-state index contributed by atoms with van der Waals surface area (Å²) in [5, 5.41) is 2.74. The van der Waals surface area contributed by atoms with E-state index in [9.17, 15) is 14.0 Å². The van der Waals surface area contributed by atoms with Gasteiger partial charge in [-0.2, -0.15) is 0 Å². The molecule has 0 spiro atoms. The van der Waals surface area contributed by atoms with Crippen LogP contribution < -0.4 is 10.2 Å². The van der Waals surface area contributed by atoms with Gasteiger partial charge in [0.05, 0.1) is 12.2 Å². The summed E-state index contributed by atoms with van der Waals surface area (Å²) in [7, 11) is 0. The lowest BCUT2D eigenvalue weighted by Crippen LogP contribution is -2.33. The largest absolute Gasteiger partial charge is 0.360 e. The minimum atomic E-state index is -0.461. The third-order valence-electron chi connectivity index (χ3n) is 2.96. The highest BCUT2D eigenvalue weighted by Gasteiger charge is 2.18. The Hall–Kier alpha value is -1.91. The highest BCUT2D eigenvalue weighted by atomic mass is 19.1. The molecule has 5 heteroatoms. The number of anilines is 1. The fraction of sp³-hybridized carbons (Fsp3) is 0.385. The molecule has 2 rings (SSSR count). The first-order valence-corrected chi connectivity index (χ1v) is 5.90. The fourth-order valence-corrected chi connectivity index (χ4v) is 1.99. The Morgan fingerprint density at radius 3 is 2.89 bits per heavy atom. The Morgan fingerprint density at radius 1 is 1.44 bits per heavy atom. The zero-order valence-corrected chi connectivity index (χ0v) is 10.2. The SMILES string of the molecule is CC(=O)c1ccc(N2CCCNC(=O)C2)c(F)c1. The van der Waals surface area contributed by atoms with Gasteiger partial charge < -0.3 is 10.2 Å². The number of nitrogens with one attached hydrogen (secondary N) is 1. The zero-order chi connectivity index (χ0) is 13.1. The van der Waals surface area contributed by atoms with E-state index in [-0.39, 0.29) is 18.2 Å². The van der Waals surface area contributed by atoms with E-state index in [1.807, 2.05) is 0 Å². The average molecular weight is 250 g/mol. The van der Waals surface area contributed by atoms with Gasteiger partial charge in [0.1, 0.15) is 5.82 Å². The third kappa shape index (κ3) is 2.67. The molecule has 18 heavy (non-hydrogen) atoms. The van der Waals surface area contributed by atoms with Gasteiger partial charge in [0.25, 0.3) is 0 Å². The molecule has 96 valence electrons. The van der Waals surface area contributed by atoms with Gasteiger partial charge in [-0.05, 0) is 31.5 Å². The van der Waals surface area contributed by atoms with Gasteiger partial charge in [-0.25, -0.2) is 4.39 Å². The summed E-state index contributed by atoms with van der Waals surface area (Å²) in [6, 6.07) is 4.37. The molecule has 4 nitrogen and oxygen atoms in total. The molecule has 0 saturated carbocycles. The maximum Gasteiger partial charge on any atom is 0.239 e. The highest BCUT2D eigenvalue weighted by Crippen LogP contribution is 2.21. The van der Waals surface area contributed by atoms with Crippen LogP contribution in [0, 0.1) is 5.82 Å². The highest BCUT2D eigenvalue weighted by molar-refractivity contribution is 5.94. The molecular formula is C13H15FN2O2. The van der Waals surface area contributed by atoms with Crippen LogP contribution in [0.3, 0.4) is 0 Å². The first kappa shape index (κ1) is 12.5. The van der Waals surface area contributed by atoms with Crippen LogP contribution >= 0.6 is 0 Å². The average Bonchev–Trinajstić information content (AvgIpc) is 2.53. The molecule has 0 aliphatic carbocycles. The van der Waals surface area contributed by atoms with Crippen LogP contribution in [-0.4, -0.2) is 31.3 Å². The molecule has 1 aliphatic heterocycles. The smallest absolute Gasteiger partial charge is 0.239 e. The second-order valence-electron chi connectivity index (χ2n) is 4.35. The number of rotatable bonds is 2. The normalized spacial score (nSPS) is 16.1. The summed E-state index contributed by atoms with van der Waals surface area (Å²) in [5.74, 6) is -0.742. The van der Waals surface area contributed by atoms with Gasteiger partial charge in [-0.3, -0.25) is 9.59 Å². The lowest BCUT2D eigenvalue weighted by atomic mass is 10.1. The number of nitrogens with zero attached hydrogens (tertiary/aromatic N) is 1. The number of halogens is 1. The van der Waals surface area contributed by atoms with E-state index in [0.717, 1.165) is 6.42 Å². The van der Waals surface area contributed by atoms with E-state index in [1.54, 1.807) is 17.0 Å². The predicted molar refractivity (Wildman–Crippen MR) is 66.2 cm³/mol. The number of hydrogen-bond donors (Lipinski definition) is 1. The van der Waals surface area contributed by atoms with E-state index >= 15 is 0 Å². The van der Waals surface area contributed by atoms with Crippen molar-refractivity contribution in [3.63, 3.8) is 0 Å². The third-order valence-corrected chi connectivity index (χ3v) is 2.96. The summed E-state index contributed by atoms with van der Waals surface area (Å²) >= 11 is 0. The summed E-state index contributed by atoms with van der Waals surface area (Å²) < 4.78 is 13.9. The first-order chi connectivity index (χ1) is 8.58. The molecule has 0 unspecified atom stereocenters. The molecule has 0 atom stereocenters.